The van der Waals surface area contributed by atoms with Crippen molar-refractivity contribution in [3.63, 3.8) is 0 Å². The van der Waals surface area contributed by atoms with Gasteiger partial charge in [0.2, 0.25) is 10.0 Å². The molecule has 0 aliphatic rings. The number of amides is 1. The number of aryl methyl sites for hydroxylation is 2. The van der Waals surface area contributed by atoms with Gasteiger partial charge < -0.3 is 4.42 Å². The number of carbonyl (C=O) groups is 1. The summed E-state index contributed by atoms with van der Waals surface area (Å²) in [7, 11) is -3.78. The highest BCUT2D eigenvalue weighted by Gasteiger charge is 2.19. The van der Waals surface area contributed by atoms with Crippen LogP contribution in [0.1, 0.15) is 27.4 Å². The zero-order valence-electron chi connectivity index (χ0n) is 14.1. The fourth-order valence-corrected chi connectivity index (χ4v) is 3.95. The van der Waals surface area contributed by atoms with Crippen LogP contribution in [-0.4, -0.2) is 19.3 Å². The zero-order valence-corrected chi connectivity index (χ0v) is 15.8. The van der Waals surface area contributed by atoms with Gasteiger partial charge in [-0.25, -0.2) is 18.1 Å². The number of carbonyl (C=O) groups excluding carboxylic acids is 1. The molecule has 136 valence electrons. The predicted molar refractivity (Wildman–Crippen MR) is 98.7 cm³/mol. The Labute approximate surface area is 155 Å². The molecule has 2 aromatic heterocycles. The van der Waals surface area contributed by atoms with Crippen molar-refractivity contribution in [3.8, 4) is 0 Å². The molecule has 0 saturated carbocycles. The second-order valence-corrected chi connectivity index (χ2v) is 8.25. The van der Waals surface area contributed by atoms with Crippen molar-refractivity contribution in [2.75, 3.05) is 5.32 Å². The van der Waals surface area contributed by atoms with E-state index in [1.165, 1.54) is 29.7 Å². The van der Waals surface area contributed by atoms with E-state index in [0.29, 0.717) is 16.5 Å². The van der Waals surface area contributed by atoms with Crippen LogP contribution in [-0.2, 0) is 16.6 Å². The van der Waals surface area contributed by atoms with Crippen LogP contribution < -0.4 is 10.0 Å². The summed E-state index contributed by atoms with van der Waals surface area (Å²) in [6.07, 6.45) is 1.47. The van der Waals surface area contributed by atoms with Gasteiger partial charge >= 0.3 is 0 Å². The van der Waals surface area contributed by atoms with E-state index in [9.17, 15) is 13.2 Å². The molecule has 0 bridgehead atoms. The lowest BCUT2D eigenvalue weighted by molar-refractivity contribution is 0.102. The minimum atomic E-state index is -3.78. The molecular weight excluding hydrogens is 374 g/mol. The predicted octanol–water partition coefficient (Wildman–Crippen LogP) is 3.08. The number of thiazole rings is 1. The number of rotatable bonds is 6. The highest BCUT2D eigenvalue weighted by molar-refractivity contribution is 7.89. The molecule has 0 radical (unpaired) electrons. The number of aromatic nitrogens is 1. The molecule has 1 amide bonds. The van der Waals surface area contributed by atoms with Gasteiger partial charge in [0.25, 0.3) is 5.91 Å². The summed E-state index contributed by atoms with van der Waals surface area (Å²) in [4.78, 5) is 16.7. The maximum atomic E-state index is 12.5. The molecule has 0 aliphatic carbocycles. The molecular formula is C17H17N3O4S2. The third-order valence-electron chi connectivity index (χ3n) is 3.62. The third kappa shape index (κ3) is 4.18. The van der Waals surface area contributed by atoms with E-state index in [1.54, 1.807) is 25.1 Å². The topological polar surface area (TPSA) is 101 Å². The Hall–Kier alpha value is -2.49. The number of benzene rings is 1. The van der Waals surface area contributed by atoms with Gasteiger partial charge in [-0.1, -0.05) is 6.07 Å². The molecule has 0 spiro atoms. The Morgan fingerprint density at radius 2 is 2.08 bits per heavy atom. The Bertz CT molecular complexity index is 1020. The normalized spacial score (nSPS) is 11.5. The van der Waals surface area contributed by atoms with Gasteiger partial charge in [-0.15, -0.1) is 11.3 Å². The number of nitrogens with one attached hydrogen (secondary N) is 2. The first kappa shape index (κ1) is 18.3. The summed E-state index contributed by atoms with van der Waals surface area (Å²) >= 11 is 1.31. The van der Waals surface area contributed by atoms with Gasteiger partial charge in [-0.05, 0) is 43.7 Å². The Balaban J connectivity index is 1.80. The molecule has 0 unspecified atom stereocenters. The largest absolute Gasteiger partial charge is 0.468 e. The lowest BCUT2D eigenvalue weighted by atomic mass is 10.1. The molecule has 3 rings (SSSR count). The second-order valence-electron chi connectivity index (χ2n) is 5.63. The average Bonchev–Trinajstić information content (AvgIpc) is 3.25. The van der Waals surface area contributed by atoms with Crippen molar-refractivity contribution in [3.05, 3.63) is 64.6 Å². The second kappa shape index (κ2) is 7.40. The van der Waals surface area contributed by atoms with Crippen LogP contribution in [0.5, 0.6) is 0 Å². The number of hydrogen-bond acceptors (Lipinski definition) is 6. The van der Waals surface area contributed by atoms with Crippen molar-refractivity contribution in [2.24, 2.45) is 0 Å². The van der Waals surface area contributed by atoms with Gasteiger partial charge in [0.15, 0.2) is 5.13 Å². The van der Waals surface area contributed by atoms with Crippen molar-refractivity contribution in [1.29, 1.82) is 0 Å². The molecule has 7 nitrogen and oxygen atoms in total. The number of hydrogen-bond donors (Lipinski definition) is 2. The first-order valence-corrected chi connectivity index (χ1v) is 10.1. The van der Waals surface area contributed by atoms with Crippen LogP contribution in [0.4, 0.5) is 5.13 Å². The van der Waals surface area contributed by atoms with E-state index in [1.807, 2.05) is 12.3 Å². The number of sulfonamides is 1. The van der Waals surface area contributed by atoms with Gasteiger partial charge in [0.05, 0.1) is 23.4 Å². The number of furan rings is 1. The summed E-state index contributed by atoms with van der Waals surface area (Å²) < 4.78 is 32.5. The highest BCUT2D eigenvalue weighted by atomic mass is 32.2. The maximum absolute atomic E-state index is 12.5. The minimum Gasteiger partial charge on any atom is -0.468 e. The van der Waals surface area contributed by atoms with Crippen LogP contribution in [0.3, 0.4) is 0 Å². The average molecular weight is 391 g/mol. The molecule has 0 fully saturated rings. The van der Waals surface area contributed by atoms with Crippen molar-refractivity contribution < 1.29 is 17.6 Å². The van der Waals surface area contributed by atoms with E-state index >= 15 is 0 Å². The fraction of sp³-hybridized carbons (Fsp3) is 0.176. The van der Waals surface area contributed by atoms with Gasteiger partial charge in [0.1, 0.15) is 5.76 Å². The lowest BCUT2D eigenvalue weighted by Gasteiger charge is -2.10. The van der Waals surface area contributed by atoms with Crippen LogP contribution >= 0.6 is 11.3 Å². The summed E-state index contributed by atoms with van der Waals surface area (Å²) in [5, 5.41) is 4.98. The summed E-state index contributed by atoms with van der Waals surface area (Å²) in [5.41, 5.74) is 1.75. The van der Waals surface area contributed by atoms with E-state index in [0.717, 1.165) is 5.69 Å². The van der Waals surface area contributed by atoms with Crippen molar-refractivity contribution in [1.82, 2.24) is 9.71 Å². The van der Waals surface area contributed by atoms with Crippen LogP contribution in [0.2, 0.25) is 0 Å². The summed E-state index contributed by atoms with van der Waals surface area (Å²) in [5.74, 6) is 0.0951. The summed E-state index contributed by atoms with van der Waals surface area (Å²) in [6, 6.07) is 7.77. The van der Waals surface area contributed by atoms with E-state index in [2.05, 4.69) is 15.0 Å². The molecule has 0 aliphatic heterocycles. The number of nitrogens with zero attached hydrogens (tertiary/aromatic N) is 1. The Morgan fingerprint density at radius 3 is 2.73 bits per heavy atom. The molecule has 9 heteroatoms. The van der Waals surface area contributed by atoms with Crippen LogP contribution in [0, 0.1) is 13.8 Å². The lowest BCUT2D eigenvalue weighted by Crippen LogP contribution is -2.24. The Kier molecular flexibility index (Phi) is 5.21. The smallest absolute Gasteiger partial charge is 0.257 e. The minimum absolute atomic E-state index is 0.00938. The first-order chi connectivity index (χ1) is 12.3. The quantitative estimate of drug-likeness (QED) is 0.672. The first-order valence-electron chi connectivity index (χ1n) is 7.71. The van der Waals surface area contributed by atoms with E-state index in [4.69, 9.17) is 4.42 Å². The molecule has 1 aromatic carbocycles. The summed E-state index contributed by atoms with van der Waals surface area (Å²) in [6.45, 7) is 3.60. The molecule has 0 atom stereocenters. The molecule has 0 saturated heterocycles. The molecule has 2 heterocycles. The van der Waals surface area contributed by atoms with Crippen molar-refractivity contribution in [2.45, 2.75) is 25.3 Å². The van der Waals surface area contributed by atoms with Gasteiger partial charge in [-0.2, -0.15) is 0 Å². The highest BCUT2D eigenvalue weighted by Crippen LogP contribution is 2.20. The Morgan fingerprint density at radius 1 is 1.27 bits per heavy atom. The van der Waals surface area contributed by atoms with Gasteiger partial charge in [0, 0.05) is 10.9 Å². The van der Waals surface area contributed by atoms with E-state index in [-0.39, 0.29) is 17.0 Å². The SMILES string of the molecule is Cc1csc(NC(=O)c2cc(S(=O)(=O)NCc3ccco3)ccc2C)n1. The molecule has 26 heavy (non-hydrogen) atoms. The fourth-order valence-electron chi connectivity index (χ4n) is 2.25. The van der Waals surface area contributed by atoms with E-state index < -0.39 is 15.9 Å². The zero-order chi connectivity index (χ0) is 18.7. The maximum Gasteiger partial charge on any atom is 0.257 e. The van der Waals surface area contributed by atoms with Gasteiger partial charge in [-0.3, -0.25) is 10.1 Å². The molecule has 2 N–H and O–H groups in total. The van der Waals surface area contributed by atoms with Crippen LogP contribution in [0.15, 0.2) is 51.3 Å². The molecule has 3 aromatic rings. The van der Waals surface area contributed by atoms with Crippen LogP contribution in [0.25, 0.3) is 0 Å². The monoisotopic (exact) mass is 391 g/mol. The number of anilines is 1. The van der Waals surface area contributed by atoms with Crippen molar-refractivity contribution >= 4 is 32.4 Å². The standard InChI is InChI=1S/C17H17N3O4S2/c1-11-5-6-14(26(22,23)18-9-13-4-3-7-24-13)8-15(11)16(21)20-17-19-12(2)10-25-17/h3-8,10,18H,9H2,1-2H3,(H,19,20,21). The third-order valence-corrected chi connectivity index (χ3v) is 5.89.